The molecule has 0 saturated heterocycles. The van der Waals surface area contributed by atoms with Gasteiger partial charge in [-0.05, 0) is 56.4 Å². The molecule has 1 rings (SSSR count). The predicted octanol–water partition coefficient (Wildman–Crippen LogP) is 5.95. The minimum Gasteiger partial charge on any atom is -0.414 e. The fraction of sp³-hybridized carbons (Fsp3) is 0.636. The smallest absolute Gasteiger partial charge is 0.192 e. The molecule has 3 heteroatoms. The molecular weight excluding hydrogens is 322 g/mol. The van der Waals surface area contributed by atoms with Crippen LogP contribution in [0.3, 0.4) is 0 Å². The van der Waals surface area contributed by atoms with Crippen LogP contribution in [0.4, 0.5) is 0 Å². The van der Waals surface area contributed by atoms with E-state index in [1.165, 1.54) is 18.4 Å². The van der Waals surface area contributed by atoms with Crippen LogP contribution in [0.1, 0.15) is 52.0 Å². The Balaban J connectivity index is 2.59. The molecule has 0 fully saturated rings. The van der Waals surface area contributed by atoms with E-state index in [9.17, 15) is 0 Å². The first kappa shape index (κ1) is 22.1. The van der Waals surface area contributed by atoms with Crippen molar-refractivity contribution in [1.82, 2.24) is 5.32 Å². The molecule has 0 amide bonds. The standard InChI is InChI=1S/C22H39NOSi/c1-8-20(23-5)18-21(24-25(6,7)22(2,3)4)17-13-12-16-19-14-10-9-11-15-19/h8-11,14-15,20-21,23H,1,12-13,16-18H2,2-7H3/t20-,21-/m0/s1. The predicted molar refractivity (Wildman–Crippen MR) is 114 cm³/mol. The number of nitrogens with one attached hydrogen (secondary N) is 1. The Kier molecular flexibility index (Phi) is 9.12. The topological polar surface area (TPSA) is 21.3 Å². The number of hydrogen-bond donors (Lipinski definition) is 1. The van der Waals surface area contributed by atoms with E-state index >= 15 is 0 Å². The Morgan fingerprint density at radius 2 is 1.80 bits per heavy atom. The average molecular weight is 362 g/mol. The maximum Gasteiger partial charge on any atom is 0.192 e. The van der Waals surface area contributed by atoms with Crippen molar-refractivity contribution in [2.24, 2.45) is 0 Å². The summed E-state index contributed by atoms with van der Waals surface area (Å²) in [5.74, 6) is 0. The lowest BCUT2D eigenvalue weighted by Crippen LogP contribution is -2.45. The number of unbranched alkanes of at least 4 members (excludes halogenated alkanes) is 1. The lowest BCUT2D eigenvalue weighted by atomic mass is 10.0. The van der Waals surface area contributed by atoms with Crippen LogP contribution in [-0.4, -0.2) is 27.5 Å². The van der Waals surface area contributed by atoms with Gasteiger partial charge in [-0.3, -0.25) is 0 Å². The van der Waals surface area contributed by atoms with Crippen molar-refractivity contribution < 1.29 is 4.43 Å². The molecule has 1 aromatic rings. The first-order valence-electron chi connectivity index (χ1n) is 9.71. The zero-order valence-electron chi connectivity index (χ0n) is 17.3. The number of benzene rings is 1. The molecule has 1 aromatic carbocycles. The van der Waals surface area contributed by atoms with Gasteiger partial charge in [-0.15, -0.1) is 6.58 Å². The average Bonchev–Trinajstić information content (AvgIpc) is 2.55. The van der Waals surface area contributed by atoms with E-state index < -0.39 is 8.32 Å². The lowest BCUT2D eigenvalue weighted by Gasteiger charge is -2.40. The molecule has 25 heavy (non-hydrogen) atoms. The minimum absolute atomic E-state index is 0.249. The van der Waals surface area contributed by atoms with Gasteiger partial charge in [0.1, 0.15) is 0 Å². The maximum atomic E-state index is 6.74. The molecule has 0 radical (unpaired) electrons. The van der Waals surface area contributed by atoms with Gasteiger partial charge in [0.15, 0.2) is 8.32 Å². The van der Waals surface area contributed by atoms with Crippen molar-refractivity contribution in [3.63, 3.8) is 0 Å². The third-order valence-corrected chi connectivity index (χ3v) is 10.1. The Morgan fingerprint density at radius 1 is 1.16 bits per heavy atom. The summed E-state index contributed by atoms with van der Waals surface area (Å²) < 4.78 is 6.74. The second-order valence-corrected chi connectivity index (χ2v) is 13.4. The van der Waals surface area contributed by atoms with Crippen molar-refractivity contribution in [2.45, 2.75) is 83.2 Å². The monoisotopic (exact) mass is 361 g/mol. The van der Waals surface area contributed by atoms with Crippen molar-refractivity contribution in [2.75, 3.05) is 7.05 Å². The molecule has 0 heterocycles. The first-order valence-corrected chi connectivity index (χ1v) is 12.6. The molecule has 0 aromatic heterocycles. The number of hydrogen-bond acceptors (Lipinski definition) is 2. The molecular formula is C22H39NOSi. The summed E-state index contributed by atoms with van der Waals surface area (Å²) in [6, 6.07) is 11.1. The van der Waals surface area contributed by atoms with Gasteiger partial charge in [0, 0.05) is 12.1 Å². The molecule has 2 atom stereocenters. The van der Waals surface area contributed by atoms with Gasteiger partial charge < -0.3 is 9.74 Å². The normalized spacial score (nSPS) is 15.0. The zero-order valence-corrected chi connectivity index (χ0v) is 18.3. The van der Waals surface area contributed by atoms with E-state index in [2.05, 4.69) is 76.1 Å². The van der Waals surface area contributed by atoms with Crippen LogP contribution in [0.2, 0.25) is 18.1 Å². The van der Waals surface area contributed by atoms with Gasteiger partial charge in [-0.1, -0.05) is 63.6 Å². The van der Waals surface area contributed by atoms with Gasteiger partial charge >= 0.3 is 0 Å². The summed E-state index contributed by atoms with van der Waals surface area (Å²) in [7, 11) is 0.259. The third kappa shape index (κ3) is 7.89. The van der Waals surface area contributed by atoms with Gasteiger partial charge in [-0.25, -0.2) is 0 Å². The van der Waals surface area contributed by atoms with E-state index in [1.54, 1.807) is 0 Å². The third-order valence-electron chi connectivity index (χ3n) is 5.52. The van der Waals surface area contributed by atoms with Gasteiger partial charge in [0.2, 0.25) is 0 Å². The molecule has 2 nitrogen and oxygen atoms in total. The molecule has 0 unspecified atom stereocenters. The molecule has 0 aliphatic carbocycles. The van der Waals surface area contributed by atoms with E-state index in [4.69, 9.17) is 4.43 Å². The lowest BCUT2D eigenvalue weighted by molar-refractivity contribution is 0.151. The summed E-state index contributed by atoms with van der Waals surface area (Å²) >= 11 is 0. The second kappa shape index (κ2) is 10.3. The van der Waals surface area contributed by atoms with Crippen LogP contribution in [0.15, 0.2) is 43.0 Å². The van der Waals surface area contributed by atoms with Crippen LogP contribution >= 0.6 is 0 Å². The summed E-state index contributed by atoms with van der Waals surface area (Å²) in [5.41, 5.74) is 1.43. The molecule has 0 aliphatic heterocycles. The maximum absolute atomic E-state index is 6.74. The quantitative estimate of drug-likeness (QED) is 0.298. The molecule has 0 spiro atoms. The van der Waals surface area contributed by atoms with Crippen molar-refractivity contribution in [3.8, 4) is 0 Å². The summed E-state index contributed by atoms with van der Waals surface area (Å²) in [6.45, 7) is 15.6. The van der Waals surface area contributed by atoms with E-state index in [0.29, 0.717) is 12.1 Å². The molecule has 1 N–H and O–H groups in total. The van der Waals surface area contributed by atoms with E-state index in [0.717, 1.165) is 19.3 Å². The minimum atomic E-state index is -1.75. The van der Waals surface area contributed by atoms with Crippen molar-refractivity contribution in [1.29, 1.82) is 0 Å². The Morgan fingerprint density at radius 3 is 2.32 bits per heavy atom. The van der Waals surface area contributed by atoms with Crippen LogP contribution in [0.5, 0.6) is 0 Å². The second-order valence-electron chi connectivity index (χ2n) is 8.60. The van der Waals surface area contributed by atoms with Crippen LogP contribution in [0.25, 0.3) is 0 Å². The fourth-order valence-electron chi connectivity index (χ4n) is 2.78. The molecule has 142 valence electrons. The van der Waals surface area contributed by atoms with Crippen LogP contribution in [-0.2, 0) is 10.8 Å². The highest BCUT2D eigenvalue weighted by atomic mass is 28.4. The van der Waals surface area contributed by atoms with Gasteiger partial charge in [-0.2, -0.15) is 0 Å². The SMILES string of the molecule is C=C[C@@H](C[C@H](CCCCc1ccccc1)O[Si](C)(C)C(C)(C)C)NC. The summed E-state index contributed by atoms with van der Waals surface area (Å²) in [6.07, 6.45) is 8.05. The Hall–Kier alpha value is -0.903. The van der Waals surface area contributed by atoms with E-state index in [1.807, 2.05) is 13.1 Å². The Labute approximate surface area is 157 Å². The fourth-order valence-corrected chi connectivity index (χ4v) is 4.18. The van der Waals surface area contributed by atoms with Gasteiger partial charge in [0.25, 0.3) is 0 Å². The van der Waals surface area contributed by atoms with Gasteiger partial charge in [0.05, 0.1) is 0 Å². The first-order chi connectivity index (χ1) is 11.7. The molecule has 0 aliphatic rings. The van der Waals surface area contributed by atoms with Crippen LogP contribution in [0, 0.1) is 0 Å². The largest absolute Gasteiger partial charge is 0.414 e. The van der Waals surface area contributed by atoms with E-state index in [-0.39, 0.29) is 5.04 Å². The highest BCUT2D eigenvalue weighted by Crippen LogP contribution is 2.38. The zero-order chi connectivity index (χ0) is 18.9. The number of likely N-dealkylation sites (N-methyl/N-ethyl adjacent to an activating group) is 1. The molecule has 0 saturated carbocycles. The van der Waals surface area contributed by atoms with Crippen LogP contribution < -0.4 is 5.32 Å². The van der Waals surface area contributed by atoms with Crippen molar-refractivity contribution in [3.05, 3.63) is 48.6 Å². The van der Waals surface area contributed by atoms with Crippen molar-refractivity contribution >= 4 is 8.32 Å². The molecule has 0 bridgehead atoms. The summed E-state index contributed by atoms with van der Waals surface area (Å²) in [4.78, 5) is 0. The highest BCUT2D eigenvalue weighted by Gasteiger charge is 2.39. The Bertz CT molecular complexity index is 492. The number of aryl methyl sites for hydroxylation is 1. The number of rotatable bonds is 11. The highest BCUT2D eigenvalue weighted by molar-refractivity contribution is 6.74. The summed E-state index contributed by atoms with van der Waals surface area (Å²) in [5, 5.41) is 3.59.